The highest BCUT2D eigenvalue weighted by molar-refractivity contribution is 8.33. The Kier molecular flexibility index (Phi) is 6.14. The van der Waals surface area contributed by atoms with E-state index >= 15 is 0 Å². The van der Waals surface area contributed by atoms with Crippen LogP contribution in [0.1, 0.15) is 0 Å². The van der Waals surface area contributed by atoms with Crippen molar-refractivity contribution in [2.45, 2.75) is 20.2 Å². The molecule has 8 heteroatoms. The summed E-state index contributed by atoms with van der Waals surface area (Å²) in [7, 11) is -9.58. The summed E-state index contributed by atoms with van der Waals surface area (Å²) in [6.07, 6.45) is 0. The predicted octanol–water partition coefficient (Wildman–Crippen LogP) is 9.21. The molecule has 6 aromatic rings. The van der Waals surface area contributed by atoms with Gasteiger partial charge in [0.15, 0.2) is 0 Å². The lowest BCUT2D eigenvalue weighted by Gasteiger charge is -2.41. The van der Waals surface area contributed by atoms with Gasteiger partial charge >= 0.3 is 15.6 Å². The Morgan fingerprint density at radius 2 is 0.974 bits per heavy atom. The first-order valence-electron chi connectivity index (χ1n) is 12.0. The molecule has 196 valence electrons. The first kappa shape index (κ1) is 25.4. The Hall–Kier alpha value is -3.85. The fourth-order valence-electron chi connectivity index (χ4n) is 4.90. The van der Waals surface area contributed by atoms with Crippen molar-refractivity contribution < 1.29 is 25.2 Å². The van der Waals surface area contributed by atoms with Gasteiger partial charge in [-0.15, -0.1) is 0 Å². The Morgan fingerprint density at radius 3 is 1.51 bits per heavy atom. The van der Waals surface area contributed by atoms with E-state index in [1.807, 2.05) is 60.7 Å². The van der Waals surface area contributed by atoms with Gasteiger partial charge in [-0.05, 0) is 66.9 Å². The second kappa shape index (κ2) is 9.41. The van der Waals surface area contributed by atoms with Gasteiger partial charge in [-0.1, -0.05) is 103 Å². The van der Waals surface area contributed by atoms with E-state index in [1.54, 1.807) is 66.7 Å². The number of alkyl halides is 3. The summed E-state index contributed by atoms with van der Waals surface area (Å²) in [4.78, 5) is 1.06. The third kappa shape index (κ3) is 4.25. The van der Waals surface area contributed by atoms with Crippen LogP contribution in [0.3, 0.4) is 0 Å². The van der Waals surface area contributed by atoms with Crippen LogP contribution in [0.15, 0.2) is 142 Å². The van der Waals surface area contributed by atoms with Crippen LogP contribution in [0.5, 0.6) is 0 Å². The fraction of sp³-hybridized carbons (Fsp3) is 0.0323. The topological polar surface area (TPSA) is 43.4 Å². The number of halogens is 3. The van der Waals surface area contributed by atoms with Gasteiger partial charge < -0.3 is 0 Å². The highest BCUT2D eigenvalue weighted by Crippen LogP contribution is 2.73. The molecule has 0 aliphatic heterocycles. The van der Waals surface area contributed by atoms with E-state index in [2.05, 4.69) is 0 Å². The van der Waals surface area contributed by atoms with E-state index in [0.29, 0.717) is 25.5 Å². The van der Waals surface area contributed by atoms with Crippen molar-refractivity contribution in [1.82, 2.24) is 0 Å². The molecule has 0 atom stereocenters. The van der Waals surface area contributed by atoms with Crippen LogP contribution >= 0.6 is 10.3 Å². The monoisotopic (exact) mass is 562 g/mol. The van der Waals surface area contributed by atoms with E-state index < -0.39 is 25.9 Å². The quantitative estimate of drug-likeness (QED) is 0.197. The van der Waals surface area contributed by atoms with Crippen molar-refractivity contribution in [3.8, 4) is 0 Å². The van der Waals surface area contributed by atoms with Crippen LogP contribution in [0.4, 0.5) is 13.2 Å². The minimum atomic E-state index is -6.05. The summed E-state index contributed by atoms with van der Waals surface area (Å²) >= 11 is 0. The largest absolute Gasteiger partial charge is 0.524 e. The summed E-state index contributed by atoms with van der Waals surface area (Å²) in [6.45, 7) is 0. The maximum absolute atomic E-state index is 14.1. The minimum Gasteiger partial charge on any atom is -0.200 e. The number of fused-ring (bicyclic) bond motifs is 3. The molecule has 39 heavy (non-hydrogen) atoms. The Bertz CT molecular complexity index is 1880. The lowest BCUT2D eigenvalue weighted by Crippen LogP contribution is -2.27. The molecule has 0 N–H and O–H groups in total. The van der Waals surface area contributed by atoms with E-state index in [-0.39, 0.29) is 0 Å². The molecule has 0 radical (unpaired) electrons. The van der Waals surface area contributed by atoms with Crippen LogP contribution in [0, 0.1) is 0 Å². The molecule has 0 fully saturated rings. The summed E-state index contributed by atoms with van der Waals surface area (Å²) in [5, 5.41) is 4.33. The normalized spacial score (nSPS) is 13.2. The molecule has 0 saturated carbocycles. The fourth-order valence-corrected chi connectivity index (χ4v) is 10.0. The van der Waals surface area contributed by atoms with Crippen molar-refractivity contribution in [2.75, 3.05) is 0 Å². The van der Waals surface area contributed by atoms with Crippen LogP contribution in [0.2, 0.25) is 0 Å². The molecule has 0 heterocycles. The maximum atomic E-state index is 14.1. The molecule has 0 aliphatic rings. The van der Waals surface area contributed by atoms with E-state index in [9.17, 15) is 21.6 Å². The number of benzene rings is 6. The average Bonchev–Trinajstić information content (AvgIpc) is 2.94. The van der Waals surface area contributed by atoms with E-state index in [4.69, 9.17) is 3.63 Å². The highest BCUT2D eigenvalue weighted by atomic mass is 32.3. The standard InChI is InChI=1S/C31H21F3O3S2/c32-31(33,34)39(35,36)37-38(26-20-19-22-9-1-2-12-25(22)21-26,29-17-7-13-23-10-3-5-15-27(23)29)30-18-8-14-24-11-4-6-16-28(24)30/h1-21H. The van der Waals surface area contributed by atoms with Gasteiger partial charge in [0.1, 0.15) is 0 Å². The summed E-state index contributed by atoms with van der Waals surface area (Å²) in [6, 6.07) is 37.5. The van der Waals surface area contributed by atoms with Crippen molar-refractivity contribution in [3.63, 3.8) is 0 Å². The van der Waals surface area contributed by atoms with Gasteiger partial charge in [-0.25, -0.2) is 0 Å². The van der Waals surface area contributed by atoms with Crippen molar-refractivity contribution in [1.29, 1.82) is 0 Å². The molecule has 3 nitrogen and oxygen atoms in total. The Labute approximate surface area is 225 Å². The zero-order valence-electron chi connectivity index (χ0n) is 20.3. The second-order valence-electron chi connectivity index (χ2n) is 8.99. The molecule has 0 spiro atoms. The lowest BCUT2D eigenvalue weighted by molar-refractivity contribution is -0.0496. The number of hydrogen-bond acceptors (Lipinski definition) is 3. The minimum absolute atomic E-state index is 0.335. The third-order valence-corrected chi connectivity index (χ3v) is 11.6. The smallest absolute Gasteiger partial charge is 0.200 e. The van der Waals surface area contributed by atoms with Gasteiger partial charge in [-0.3, -0.25) is 0 Å². The van der Waals surface area contributed by atoms with Crippen LogP contribution in [0.25, 0.3) is 32.3 Å². The van der Waals surface area contributed by atoms with Gasteiger partial charge in [0.05, 0.1) is 0 Å². The molecule has 6 aromatic carbocycles. The maximum Gasteiger partial charge on any atom is 0.524 e. The molecular formula is C31H21F3O3S2. The molecule has 0 aliphatic carbocycles. The van der Waals surface area contributed by atoms with Crippen molar-refractivity contribution in [3.05, 3.63) is 127 Å². The van der Waals surface area contributed by atoms with Gasteiger partial charge in [-0.2, -0.15) is 25.2 Å². The SMILES string of the molecule is O=S(=O)(OS(c1ccc2ccccc2c1)(c1cccc2ccccc12)c1cccc2ccccc12)C(F)(F)F. The molecule has 6 rings (SSSR count). The van der Waals surface area contributed by atoms with E-state index in [1.165, 1.54) is 0 Å². The average molecular weight is 563 g/mol. The number of hydrogen-bond donors (Lipinski definition) is 0. The van der Waals surface area contributed by atoms with Crippen LogP contribution in [-0.2, 0) is 13.7 Å². The molecular weight excluding hydrogens is 541 g/mol. The summed E-state index contributed by atoms with van der Waals surface area (Å²) in [5.74, 6) is 0. The lowest BCUT2D eigenvalue weighted by atomic mass is 10.1. The predicted molar refractivity (Wildman–Crippen MR) is 150 cm³/mol. The summed E-state index contributed by atoms with van der Waals surface area (Å²) in [5.41, 5.74) is -5.63. The molecule has 0 amide bonds. The number of rotatable bonds is 5. The van der Waals surface area contributed by atoms with Crippen molar-refractivity contribution >= 4 is 52.7 Å². The van der Waals surface area contributed by atoms with E-state index in [0.717, 1.165) is 21.5 Å². The zero-order valence-corrected chi connectivity index (χ0v) is 21.9. The highest BCUT2D eigenvalue weighted by Gasteiger charge is 2.53. The van der Waals surface area contributed by atoms with Crippen LogP contribution < -0.4 is 0 Å². The Balaban J connectivity index is 1.84. The summed E-state index contributed by atoms with van der Waals surface area (Å²) < 4.78 is 73.9. The van der Waals surface area contributed by atoms with Crippen LogP contribution in [-0.4, -0.2) is 13.9 Å². The van der Waals surface area contributed by atoms with Gasteiger partial charge in [0, 0.05) is 14.7 Å². The van der Waals surface area contributed by atoms with Gasteiger partial charge in [0.25, 0.3) is 0 Å². The molecule has 0 bridgehead atoms. The zero-order chi connectivity index (χ0) is 27.3. The Morgan fingerprint density at radius 1 is 0.513 bits per heavy atom. The second-order valence-corrected chi connectivity index (χ2v) is 13.4. The molecule has 0 saturated heterocycles. The van der Waals surface area contributed by atoms with Gasteiger partial charge in [0.2, 0.25) is 0 Å². The third-order valence-electron chi connectivity index (χ3n) is 6.65. The van der Waals surface area contributed by atoms with Crippen molar-refractivity contribution in [2.24, 2.45) is 0 Å². The first-order chi connectivity index (χ1) is 18.7. The first-order valence-corrected chi connectivity index (χ1v) is 15.0. The molecule has 0 aromatic heterocycles. The molecule has 0 unspecified atom stereocenters.